The van der Waals surface area contributed by atoms with Crippen molar-refractivity contribution in [3.8, 4) is 11.8 Å². The molecule has 3 aromatic rings. The Hall–Kier alpha value is -2.83. The topological polar surface area (TPSA) is 88.2 Å². The van der Waals surface area contributed by atoms with E-state index in [1.165, 1.54) is 23.1 Å². The molecular formula is C24H28N4O3S2. The Bertz CT molecular complexity index is 1240. The minimum Gasteiger partial charge on any atom is -0.494 e. The second kappa shape index (κ2) is 10.9. The molecule has 0 fully saturated rings. The highest BCUT2D eigenvalue weighted by atomic mass is 32.2. The first-order valence-electron chi connectivity index (χ1n) is 10.8. The minimum absolute atomic E-state index is 0.0698. The third-order valence-electron chi connectivity index (χ3n) is 5.25. The Labute approximate surface area is 202 Å². The number of fused-ring (bicyclic) bond motifs is 1. The Balaban J connectivity index is 1.88. The van der Waals surface area contributed by atoms with Crippen LogP contribution in [0.3, 0.4) is 0 Å². The number of anilines is 1. The third kappa shape index (κ3) is 5.40. The maximum Gasteiger partial charge on any atom is 0.263 e. The van der Waals surface area contributed by atoms with Gasteiger partial charge in [0.2, 0.25) is 5.91 Å². The van der Waals surface area contributed by atoms with Gasteiger partial charge in [0, 0.05) is 23.2 Å². The lowest BCUT2D eigenvalue weighted by molar-refractivity contribution is -0.116. The molecule has 1 amide bonds. The number of rotatable bonds is 9. The van der Waals surface area contributed by atoms with Gasteiger partial charge in [-0.1, -0.05) is 11.8 Å². The van der Waals surface area contributed by atoms with Crippen molar-refractivity contribution < 1.29 is 9.53 Å². The van der Waals surface area contributed by atoms with Gasteiger partial charge >= 0.3 is 0 Å². The number of carbonyl (C=O) groups is 1. The number of nitriles is 1. The van der Waals surface area contributed by atoms with Gasteiger partial charge in [0.05, 0.1) is 30.2 Å². The summed E-state index contributed by atoms with van der Waals surface area (Å²) < 4.78 is 7.14. The molecule has 0 radical (unpaired) electrons. The lowest BCUT2D eigenvalue weighted by atomic mass is 10.2. The number of aryl methyl sites for hydroxylation is 2. The number of ether oxygens (including phenoxy) is 1. The number of aromatic nitrogens is 2. The predicted octanol–water partition coefficient (Wildman–Crippen LogP) is 5.09. The highest BCUT2D eigenvalue weighted by Crippen LogP contribution is 2.30. The molecule has 33 heavy (non-hydrogen) atoms. The quantitative estimate of drug-likeness (QED) is 0.310. The van der Waals surface area contributed by atoms with Gasteiger partial charge in [-0.15, -0.1) is 11.3 Å². The van der Waals surface area contributed by atoms with Crippen LogP contribution in [0.5, 0.6) is 5.75 Å². The number of amides is 1. The number of benzene rings is 1. The van der Waals surface area contributed by atoms with Crippen molar-refractivity contribution in [3.05, 3.63) is 45.1 Å². The van der Waals surface area contributed by atoms with Crippen LogP contribution in [0, 0.1) is 25.2 Å². The van der Waals surface area contributed by atoms with Crippen LogP contribution in [-0.2, 0) is 4.79 Å². The van der Waals surface area contributed by atoms with Crippen LogP contribution in [0.15, 0.2) is 34.2 Å². The van der Waals surface area contributed by atoms with Gasteiger partial charge < -0.3 is 9.64 Å². The van der Waals surface area contributed by atoms with Crippen LogP contribution < -0.4 is 15.2 Å². The average Bonchev–Trinajstić information content (AvgIpc) is 3.07. The van der Waals surface area contributed by atoms with E-state index in [0.717, 1.165) is 16.2 Å². The van der Waals surface area contributed by atoms with E-state index in [1.807, 2.05) is 58.9 Å². The molecule has 1 aromatic carbocycles. The van der Waals surface area contributed by atoms with Gasteiger partial charge in [0.1, 0.15) is 10.6 Å². The molecule has 0 saturated carbocycles. The third-order valence-corrected chi connectivity index (χ3v) is 7.29. The van der Waals surface area contributed by atoms with Crippen LogP contribution in [0.2, 0.25) is 0 Å². The fourth-order valence-electron chi connectivity index (χ4n) is 3.50. The smallest absolute Gasteiger partial charge is 0.263 e. The minimum atomic E-state index is -0.150. The molecule has 0 atom stereocenters. The second-order valence-electron chi connectivity index (χ2n) is 7.80. The summed E-state index contributed by atoms with van der Waals surface area (Å²) >= 11 is 2.76. The fourth-order valence-corrected chi connectivity index (χ4v) is 5.57. The molecule has 2 aromatic heterocycles. The van der Waals surface area contributed by atoms with E-state index in [-0.39, 0.29) is 36.2 Å². The molecule has 2 heterocycles. The maximum absolute atomic E-state index is 13.2. The average molecular weight is 485 g/mol. The van der Waals surface area contributed by atoms with Crippen molar-refractivity contribution in [2.24, 2.45) is 0 Å². The molecule has 9 heteroatoms. The maximum atomic E-state index is 13.2. The van der Waals surface area contributed by atoms with E-state index in [9.17, 15) is 9.59 Å². The molecule has 3 rings (SSSR count). The Morgan fingerprint density at radius 1 is 1.30 bits per heavy atom. The van der Waals surface area contributed by atoms with Gasteiger partial charge in [-0.3, -0.25) is 14.2 Å². The number of hydrogen-bond donors (Lipinski definition) is 0. The van der Waals surface area contributed by atoms with E-state index < -0.39 is 0 Å². The first kappa shape index (κ1) is 24.8. The second-order valence-corrected chi connectivity index (χ2v) is 9.94. The molecule has 0 spiro atoms. The van der Waals surface area contributed by atoms with E-state index in [1.54, 1.807) is 9.47 Å². The summed E-state index contributed by atoms with van der Waals surface area (Å²) in [7, 11) is 0. The van der Waals surface area contributed by atoms with Crippen molar-refractivity contribution in [2.75, 3.05) is 23.8 Å². The molecule has 0 aliphatic carbocycles. The van der Waals surface area contributed by atoms with Crippen molar-refractivity contribution in [3.63, 3.8) is 0 Å². The lowest BCUT2D eigenvalue weighted by Crippen LogP contribution is -2.33. The van der Waals surface area contributed by atoms with Gasteiger partial charge in [0.15, 0.2) is 5.16 Å². The fraction of sp³-hybridized carbons (Fsp3) is 0.417. The number of thioether (sulfide) groups is 1. The monoisotopic (exact) mass is 484 g/mol. The summed E-state index contributed by atoms with van der Waals surface area (Å²) in [4.78, 5) is 34.5. The zero-order valence-corrected chi connectivity index (χ0v) is 21.2. The Morgan fingerprint density at radius 2 is 2.00 bits per heavy atom. The van der Waals surface area contributed by atoms with Crippen LogP contribution >= 0.6 is 23.1 Å². The van der Waals surface area contributed by atoms with Crippen molar-refractivity contribution >= 4 is 44.9 Å². The highest BCUT2D eigenvalue weighted by molar-refractivity contribution is 7.99. The number of nitrogens with zero attached hydrogens (tertiary/aromatic N) is 4. The van der Waals surface area contributed by atoms with Crippen molar-refractivity contribution in [1.29, 1.82) is 5.26 Å². The Kier molecular flexibility index (Phi) is 8.16. The van der Waals surface area contributed by atoms with Crippen LogP contribution in [0.4, 0.5) is 5.69 Å². The summed E-state index contributed by atoms with van der Waals surface area (Å²) in [5, 5.41) is 10.2. The normalized spacial score (nSPS) is 11.1. The molecule has 0 saturated heterocycles. The molecule has 7 nitrogen and oxygen atoms in total. The lowest BCUT2D eigenvalue weighted by Gasteiger charge is -2.22. The van der Waals surface area contributed by atoms with Crippen LogP contribution in [0.25, 0.3) is 10.2 Å². The SMILES string of the molecule is CCOc1ccc(N(CCC#N)C(=O)CSc2nc3sc(C)c(C)c3c(=O)n2C(C)C)cc1. The summed E-state index contributed by atoms with van der Waals surface area (Å²) in [6.07, 6.45) is 0.221. The molecule has 0 bridgehead atoms. The van der Waals surface area contributed by atoms with Crippen molar-refractivity contribution in [2.45, 2.75) is 52.2 Å². The van der Waals surface area contributed by atoms with Crippen LogP contribution in [-0.4, -0.2) is 34.4 Å². The zero-order chi connectivity index (χ0) is 24.1. The number of thiophene rings is 1. The van der Waals surface area contributed by atoms with Gasteiger partial charge in [-0.25, -0.2) is 4.98 Å². The summed E-state index contributed by atoms with van der Waals surface area (Å²) in [6.45, 7) is 10.6. The van der Waals surface area contributed by atoms with E-state index in [4.69, 9.17) is 15.0 Å². The van der Waals surface area contributed by atoms with E-state index >= 15 is 0 Å². The van der Waals surface area contributed by atoms with E-state index in [2.05, 4.69) is 6.07 Å². The summed E-state index contributed by atoms with van der Waals surface area (Å²) in [5.74, 6) is 0.679. The molecule has 0 aliphatic heterocycles. The molecule has 0 N–H and O–H groups in total. The molecular weight excluding hydrogens is 456 g/mol. The Morgan fingerprint density at radius 3 is 2.61 bits per heavy atom. The number of carbonyl (C=O) groups excluding carboxylic acids is 1. The summed E-state index contributed by atoms with van der Waals surface area (Å²) in [5.41, 5.74) is 1.60. The highest BCUT2D eigenvalue weighted by Gasteiger charge is 2.21. The first-order chi connectivity index (χ1) is 15.8. The number of hydrogen-bond acceptors (Lipinski definition) is 7. The van der Waals surface area contributed by atoms with E-state index in [0.29, 0.717) is 27.7 Å². The van der Waals surface area contributed by atoms with Gasteiger partial charge in [-0.05, 0) is 64.4 Å². The molecule has 0 unspecified atom stereocenters. The summed E-state index contributed by atoms with van der Waals surface area (Å²) in [6, 6.07) is 9.27. The first-order valence-corrected chi connectivity index (χ1v) is 12.6. The molecule has 174 valence electrons. The van der Waals surface area contributed by atoms with Crippen molar-refractivity contribution in [1.82, 2.24) is 9.55 Å². The van der Waals surface area contributed by atoms with Gasteiger partial charge in [-0.2, -0.15) is 5.26 Å². The standard InChI is InChI=1S/C24H28N4O3S2/c1-6-31-19-10-8-18(9-11-19)27(13-7-12-25)20(29)14-32-24-26-22-21(16(4)17(5)33-22)23(30)28(24)15(2)3/h8-11,15H,6-7,13-14H2,1-5H3. The zero-order valence-electron chi connectivity index (χ0n) is 19.5. The largest absolute Gasteiger partial charge is 0.494 e. The predicted molar refractivity (Wildman–Crippen MR) is 135 cm³/mol. The molecule has 0 aliphatic rings. The van der Waals surface area contributed by atoms with Crippen LogP contribution in [0.1, 0.15) is 43.7 Å². The van der Waals surface area contributed by atoms with Gasteiger partial charge in [0.25, 0.3) is 5.56 Å².